The average molecular weight is 679 g/mol. The molecule has 0 N–H and O–H groups in total. The molecule has 0 unspecified atom stereocenters. The fraction of sp³-hybridized carbons (Fsp3) is 0.0588. The standard InChI is InChI=1S/C51H38N2/c1-51(2)47-31-23-38(36-15-7-4-8-16-36)33-45(47)46-34-42(30-32-48(46)51)52(39-24-21-37(22-25-39)35-13-5-3-6-14-35)40-26-28-41(29-27-40)53-49-19-11-9-17-43(49)44-18-10-12-20-50(44)53/h3-34H,1-2H3. The summed E-state index contributed by atoms with van der Waals surface area (Å²) in [5.74, 6) is 0. The van der Waals surface area contributed by atoms with Gasteiger partial charge in [0.15, 0.2) is 0 Å². The van der Waals surface area contributed by atoms with Crippen molar-refractivity contribution in [3.63, 3.8) is 0 Å². The Kier molecular flexibility index (Phi) is 7.19. The third-order valence-corrected chi connectivity index (χ3v) is 11.2. The lowest BCUT2D eigenvalue weighted by Gasteiger charge is -2.27. The topological polar surface area (TPSA) is 8.17 Å². The first kappa shape index (κ1) is 31.1. The molecule has 0 radical (unpaired) electrons. The molecule has 0 fully saturated rings. The Morgan fingerprint density at radius 1 is 0.377 bits per heavy atom. The Morgan fingerprint density at radius 3 is 1.42 bits per heavy atom. The predicted molar refractivity (Wildman–Crippen MR) is 224 cm³/mol. The minimum atomic E-state index is -0.0927. The van der Waals surface area contributed by atoms with Gasteiger partial charge in [0.1, 0.15) is 0 Å². The average Bonchev–Trinajstić information content (AvgIpc) is 3.67. The predicted octanol–water partition coefficient (Wildman–Crippen LogP) is 13.9. The van der Waals surface area contributed by atoms with E-state index in [1.807, 2.05) is 0 Å². The molecule has 0 atom stereocenters. The first-order valence-corrected chi connectivity index (χ1v) is 18.4. The molecule has 2 heteroatoms. The maximum atomic E-state index is 2.41. The summed E-state index contributed by atoms with van der Waals surface area (Å²) in [6.45, 7) is 4.71. The Hall–Kier alpha value is -6.64. The van der Waals surface area contributed by atoms with Crippen molar-refractivity contribution >= 4 is 38.9 Å². The van der Waals surface area contributed by atoms with Crippen LogP contribution in [0.15, 0.2) is 194 Å². The quantitative estimate of drug-likeness (QED) is 0.170. The summed E-state index contributed by atoms with van der Waals surface area (Å²) in [6.07, 6.45) is 0. The van der Waals surface area contributed by atoms with Crippen LogP contribution in [-0.4, -0.2) is 4.57 Å². The number of anilines is 3. The van der Waals surface area contributed by atoms with Crippen LogP contribution in [0.2, 0.25) is 0 Å². The Morgan fingerprint density at radius 2 is 0.811 bits per heavy atom. The van der Waals surface area contributed by atoms with E-state index < -0.39 is 0 Å². The number of hydrogen-bond acceptors (Lipinski definition) is 1. The van der Waals surface area contributed by atoms with Crippen molar-refractivity contribution in [2.24, 2.45) is 0 Å². The van der Waals surface area contributed by atoms with Gasteiger partial charge in [-0.2, -0.15) is 0 Å². The minimum absolute atomic E-state index is 0.0927. The fourth-order valence-electron chi connectivity index (χ4n) is 8.54. The number of benzene rings is 8. The second-order valence-electron chi connectivity index (χ2n) is 14.6. The summed E-state index contributed by atoms with van der Waals surface area (Å²) < 4.78 is 2.38. The van der Waals surface area contributed by atoms with Gasteiger partial charge in [0.05, 0.1) is 11.0 Å². The second-order valence-corrected chi connectivity index (χ2v) is 14.6. The van der Waals surface area contributed by atoms with Crippen molar-refractivity contribution in [2.75, 3.05) is 4.90 Å². The van der Waals surface area contributed by atoms with E-state index in [1.165, 1.54) is 66.3 Å². The van der Waals surface area contributed by atoms with E-state index in [1.54, 1.807) is 0 Å². The molecule has 1 aromatic heterocycles. The van der Waals surface area contributed by atoms with E-state index in [4.69, 9.17) is 0 Å². The van der Waals surface area contributed by atoms with Gasteiger partial charge in [-0.3, -0.25) is 0 Å². The SMILES string of the molecule is CC1(C)c2ccc(-c3ccccc3)cc2-c2cc(N(c3ccc(-c4ccccc4)cc3)c3ccc(-n4c5ccccc5c5ccccc54)cc3)ccc21. The van der Waals surface area contributed by atoms with Crippen molar-refractivity contribution in [1.82, 2.24) is 4.57 Å². The van der Waals surface area contributed by atoms with Crippen LogP contribution in [0.25, 0.3) is 60.9 Å². The summed E-state index contributed by atoms with van der Waals surface area (Å²) in [5.41, 5.74) is 17.1. The summed E-state index contributed by atoms with van der Waals surface area (Å²) in [6, 6.07) is 70.8. The van der Waals surface area contributed by atoms with Crippen LogP contribution in [0.3, 0.4) is 0 Å². The molecule has 9 aromatic rings. The van der Waals surface area contributed by atoms with Crippen LogP contribution in [0.4, 0.5) is 17.1 Å². The normalized spacial score (nSPS) is 12.9. The van der Waals surface area contributed by atoms with Gasteiger partial charge in [0, 0.05) is 38.9 Å². The molecule has 1 heterocycles. The minimum Gasteiger partial charge on any atom is -0.310 e. The third-order valence-electron chi connectivity index (χ3n) is 11.2. The van der Waals surface area contributed by atoms with Crippen LogP contribution >= 0.6 is 0 Å². The van der Waals surface area contributed by atoms with Gasteiger partial charge in [0.25, 0.3) is 0 Å². The lowest BCUT2D eigenvalue weighted by Crippen LogP contribution is -2.15. The van der Waals surface area contributed by atoms with Crippen molar-refractivity contribution in [3.8, 4) is 39.1 Å². The third kappa shape index (κ3) is 5.10. The zero-order chi connectivity index (χ0) is 35.5. The van der Waals surface area contributed by atoms with Gasteiger partial charge in [-0.1, -0.05) is 141 Å². The van der Waals surface area contributed by atoms with Crippen LogP contribution in [-0.2, 0) is 5.41 Å². The molecule has 0 saturated heterocycles. The lowest BCUT2D eigenvalue weighted by molar-refractivity contribution is 0.660. The van der Waals surface area contributed by atoms with Gasteiger partial charge < -0.3 is 9.47 Å². The fourth-order valence-corrected chi connectivity index (χ4v) is 8.54. The monoisotopic (exact) mass is 678 g/mol. The van der Waals surface area contributed by atoms with Crippen molar-refractivity contribution in [3.05, 3.63) is 205 Å². The number of para-hydroxylation sites is 2. The Bertz CT molecular complexity index is 2720. The van der Waals surface area contributed by atoms with Crippen molar-refractivity contribution in [1.29, 1.82) is 0 Å². The maximum Gasteiger partial charge on any atom is 0.0541 e. The number of rotatable bonds is 6. The van der Waals surface area contributed by atoms with Gasteiger partial charge in [-0.15, -0.1) is 0 Å². The van der Waals surface area contributed by atoms with Gasteiger partial charge in [-0.25, -0.2) is 0 Å². The maximum absolute atomic E-state index is 2.41. The van der Waals surface area contributed by atoms with Gasteiger partial charge in [0.2, 0.25) is 0 Å². The van der Waals surface area contributed by atoms with Crippen LogP contribution in [0.1, 0.15) is 25.0 Å². The Labute approximate surface area is 310 Å². The van der Waals surface area contributed by atoms with E-state index in [-0.39, 0.29) is 5.41 Å². The number of aromatic nitrogens is 1. The van der Waals surface area contributed by atoms with E-state index in [9.17, 15) is 0 Å². The molecule has 0 bridgehead atoms. The molecular weight excluding hydrogens is 641 g/mol. The second kappa shape index (κ2) is 12.3. The largest absolute Gasteiger partial charge is 0.310 e. The van der Waals surface area contributed by atoms with Gasteiger partial charge in [-0.05, 0) is 111 Å². The smallest absolute Gasteiger partial charge is 0.0541 e. The molecule has 0 spiro atoms. The number of fused-ring (bicyclic) bond motifs is 6. The molecule has 252 valence electrons. The number of nitrogens with zero attached hydrogens (tertiary/aromatic N) is 2. The highest BCUT2D eigenvalue weighted by atomic mass is 15.1. The molecule has 8 aromatic carbocycles. The van der Waals surface area contributed by atoms with E-state index >= 15 is 0 Å². The summed E-state index contributed by atoms with van der Waals surface area (Å²) >= 11 is 0. The molecule has 0 aliphatic heterocycles. The van der Waals surface area contributed by atoms with E-state index in [0.717, 1.165) is 22.7 Å². The molecule has 53 heavy (non-hydrogen) atoms. The molecule has 0 amide bonds. The lowest BCUT2D eigenvalue weighted by atomic mass is 9.82. The molecule has 0 saturated carbocycles. The molecule has 1 aliphatic rings. The van der Waals surface area contributed by atoms with E-state index in [2.05, 4.69) is 217 Å². The van der Waals surface area contributed by atoms with Crippen LogP contribution in [0, 0.1) is 0 Å². The molecule has 10 rings (SSSR count). The summed E-state index contributed by atoms with van der Waals surface area (Å²) in [5, 5.41) is 2.54. The van der Waals surface area contributed by atoms with Crippen molar-refractivity contribution in [2.45, 2.75) is 19.3 Å². The summed E-state index contributed by atoms with van der Waals surface area (Å²) in [4.78, 5) is 2.40. The highest BCUT2D eigenvalue weighted by molar-refractivity contribution is 6.09. The summed E-state index contributed by atoms with van der Waals surface area (Å²) in [7, 11) is 0. The van der Waals surface area contributed by atoms with E-state index in [0.29, 0.717) is 0 Å². The molecular formula is C51H38N2. The van der Waals surface area contributed by atoms with Crippen LogP contribution in [0.5, 0.6) is 0 Å². The van der Waals surface area contributed by atoms with Crippen LogP contribution < -0.4 is 4.90 Å². The zero-order valence-electron chi connectivity index (χ0n) is 29.9. The van der Waals surface area contributed by atoms with Crippen molar-refractivity contribution < 1.29 is 0 Å². The molecule has 2 nitrogen and oxygen atoms in total. The number of hydrogen-bond donors (Lipinski definition) is 0. The first-order valence-electron chi connectivity index (χ1n) is 18.4. The first-order chi connectivity index (χ1) is 26.0. The zero-order valence-corrected chi connectivity index (χ0v) is 29.9. The van der Waals surface area contributed by atoms with Gasteiger partial charge >= 0.3 is 0 Å². The highest BCUT2D eigenvalue weighted by Gasteiger charge is 2.36. The highest BCUT2D eigenvalue weighted by Crippen LogP contribution is 2.51. The molecule has 1 aliphatic carbocycles. The Balaban J connectivity index is 1.12.